The maximum atomic E-state index is 12.3. The zero-order chi connectivity index (χ0) is 20.5. The van der Waals surface area contributed by atoms with Crippen LogP contribution in [0.5, 0.6) is 5.75 Å². The van der Waals surface area contributed by atoms with Gasteiger partial charge in [-0.25, -0.2) is 0 Å². The Labute approximate surface area is 161 Å². The van der Waals surface area contributed by atoms with Crippen LogP contribution >= 0.6 is 0 Å². The lowest BCUT2D eigenvalue weighted by Crippen LogP contribution is -2.45. The predicted octanol–water partition coefficient (Wildman–Crippen LogP) is 1.33. The minimum absolute atomic E-state index is 0.0523. The third-order valence-electron chi connectivity index (χ3n) is 3.64. The smallest absolute Gasteiger partial charge is 0.308 e. The van der Waals surface area contributed by atoms with Crippen LogP contribution in [0.25, 0.3) is 0 Å². The maximum absolute atomic E-state index is 12.3. The fourth-order valence-corrected chi connectivity index (χ4v) is 2.27. The second-order valence-electron chi connectivity index (χ2n) is 5.90. The third-order valence-corrected chi connectivity index (χ3v) is 3.64. The minimum atomic E-state index is -1.22. The van der Waals surface area contributed by atoms with Crippen LogP contribution in [0, 0.1) is 0 Å². The number of carbonyl (C=O) groups is 4. The van der Waals surface area contributed by atoms with E-state index in [1.807, 2.05) is 18.2 Å². The molecule has 0 heterocycles. The molecule has 0 unspecified atom stereocenters. The molecule has 28 heavy (non-hydrogen) atoms. The molecule has 3 N–H and O–H groups in total. The number of ether oxygens (including phenoxy) is 2. The van der Waals surface area contributed by atoms with E-state index in [-0.39, 0.29) is 24.3 Å². The second kappa shape index (κ2) is 9.86. The monoisotopic (exact) mass is 384 g/mol. The molecule has 0 aliphatic carbocycles. The molecule has 0 saturated carbocycles. The van der Waals surface area contributed by atoms with Gasteiger partial charge in [0.1, 0.15) is 18.4 Å². The minimum Gasteiger partial charge on any atom is -0.461 e. The number of hydrogen-bond donors (Lipinski definition) is 2. The van der Waals surface area contributed by atoms with E-state index in [1.54, 1.807) is 12.1 Å². The fourth-order valence-electron chi connectivity index (χ4n) is 2.27. The molecule has 8 nitrogen and oxygen atoms in total. The number of nitrogens with two attached hydrogens (primary N) is 1. The van der Waals surface area contributed by atoms with Gasteiger partial charge >= 0.3 is 11.9 Å². The van der Waals surface area contributed by atoms with Gasteiger partial charge in [0.25, 0.3) is 5.91 Å². The Morgan fingerprint density at radius 1 is 1.00 bits per heavy atom. The van der Waals surface area contributed by atoms with E-state index in [1.165, 1.54) is 31.2 Å². The first-order valence-corrected chi connectivity index (χ1v) is 8.43. The van der Waals surface area contributed by atoms with E-state index in [4.69, 9.17) is 15.2 Å². The molecular formula is C20H20N2O6. The van der Waals surface area contributed by atoms with Crippen molar-refractivity contribution in [1.29, 1.82) is 0 Å². The zero-order valence-corrected chi connectivity index (χ0v) is 15.2. The number of esters is 2. The van der Waals surface area contributed by atoms with E-state index in [0.717, 1.165) is 5.56 Å². The van der Waals surface area contributed by atoms with Gasteiger partial charge < -0.3 is 20.5 Å². The average molecular weight is 384 g/mol. The van der Waals surface area contributed by atoms with Gasteiger partial charge in [0.2, 0.25) is 5.91 Å². The van der Waals surface area contributed by atoms with Gasteiger partial charge in [0.05, 0.1) is 6.42 Å². The first-order valence-electron chi connectivity index (χ1n) is 8.43. The standard InChI is InChI=1S/C20H20N2O6/c1-13(23)28-16-9-7-15(8-10-16)20(26)22-17(19(21)25)11-18(24)27-12-14-5-3-2-4-6-14/h2-10,17H,11-12H2,1H3,(H2,21,25)(H,22,26)/t17-/m0/s1. The van der Waals surface area contributed by atoms with E-state index in [0.29, 0.717) is 0 Å². The Hall–Kier alpha value is -3.68. The summed E-state index contributed by atoms with van der Waals surface area (Å²) >= 11 is 0. The molecule has 2 amide bonds. The molecule has 0 aromatic heterocycles. The topological polar surface area (TPSA) is 125 Å². The van der Waals surface area contributed by atoms with Gasteiger partial charge in [0, 0.05) is 12.5 Å². The van der Waals surface area contributed by atoms with Crippen molar-refractivity contribution in [2.24, 2.45) is 5.73 Å². The number of rotatable bonds is 8. The van der Waals surface area contributed by atoms with E-state index in [2.05, 4.69) is 5.32 Å². The number of carbonyl (C=O) groups excluding carboxylic acids is 4. The molecule has 2 rings (SSSR count). The van der Waals surface area contributed by atoms with E-state index < -0.39 is 29.8 Å². The van der Waals surface area contributed by atoms with E-state index >= 15 is 0 Å². The van der Waals surface area contributed by atoms with Crippen molar-refractivity contribution in [2.75, 3.05) is 0 Å². The normalized spacial score (nSPS) is 11.2. The Balaban J connectivity index is 1.92. The van der Waals surface area contributed by atoms with Crippen molar-refractivity contribution in [1.82, 2.24) is 5.32 Å². The number of benzene rings is 2. The molecule has 1 atom stereocenters. The van der Waals surface area contributed by atoms with Crippen molar-refractivity contribution >= 4 is 23.8 Å². The van der Waals surface area contributed by atoms with Crippen LogP contribution < -0.4 is 15.8 Å². The second-order valence-corrected chi connectivity index (χ2v) is 5.90. The molecule has 0 bridgehead atoms. The Kier molecular flexibility index (Phi) is 7.27. The summed E-state index contributed by atoms with van der Waals surface area (Å²) in [6.07, 6.45) is -0.389. The number of nitrogens with one attached hydrogen (secondary N) is 1. The van der Waals surface area contributed by atoms with Gasteiger partial charge in [-0.2, -0.15) is 0 Å². The van der Waals surface area contributed by atoms with Gasteiger partial charge in [-0.15, -0.1) is 0 Å². The van der Waals surface area contributed by atoms with Gasteiger partial charge in [0.15, 0.2) is 0 Å². The van der Waals surface area contributed by atoms with E-state index in [9.17, 15) is 19.2 Å². The Morgan fingerprint density at radius 3 is 2.21 bits per heavy atom. The SMILES string of the molecule is CC(=O)Oc1ccc(C(=O)N[C@@H](CC(=O)OCc2ccccc2)C(N)=O)cc1. The lowest BCUT2D eigenvalue weighted by Gasteiger charge is -2.15. The molecule has 146 valence electrons. The summed E-state index contributed by atoms with van der Waals surface area (Å²) in [5.74, 6) is -2.34. The van der Waals surface area contributed by atoms with Crippen molar-refractivity contribution in [2.45, 2.75) is 26.0 Å². The molecule has 0 spiro atoms. The molecule has 0 radical (unpaired) electrons. The van der Waals surface area contributed by atoms with Crippen molar-refractivity contribution in [3.63, 3.8) is 0 Å². The number of amides is 2. The lowest BCUT2D eigenvalue weighted by molar-refractivity contribution is -0.146. The van der Waals surface area contributed by atoms with Crippen LogP contribution in [0.3, 0.4) is 0 Å². The Bertz CT molecular complexity index is 849. The molecule has 2 aromatic rings. The molecule has 2 aromatic carbocycles. The third kappa shape index (κ3) is 6.56. The van der Waals surface area contributed by atoms with Crippen molar-refractivity contribution in [3.05, 3.63) is 65.7 Å². The molecule has 0 aliphatic heterocycles. The van der Waals surface area contributed by atoms with Crippen LogP contribution in [0.4, 0.5) is 0 Å². The van der Waals surface area contributed by atoms with Crippen LogP contribution in [0.2, 0.25) is 0 Å². The van der Waals surface area contributed by atoms with Gasteiger partial charge in [-0.05, 0) is 29.8 Å². The summed E-state index contributed by atoms with van der Waals surface area (Å²) in [7, 11) is 0. The summed E-state index contributed by atoms with van der Waals surface area (Å²) in [6, 6.07) is 13.5. The quantitative estimate of drug-likeness (QED) is 0.522. The van der Waals surface area contributed by atoms with Crippen molar-refractivity contribution in [3.8, 4) is 5.75 Å². The highest BCUT2D eigenvalue weighted by atomic mass is 16.5. The first-order chi connectivity index (χ1) is 13.3. The Morgan fingerprint density at radius 2 is 1.64 bits per heavy atom. The highest BCUT2D eigenvalue weighted by Gasteiger charge is 2.23. The maximum Gasteiger partial charge on any atom is 0.308 e. The number of primary amides is 1. The van der Waals surface area contributed by atoms with Gasteiger partial charge in [-0.1, -0.05) is 30.3 Å². The van der Waals surface area contributed by atoms with Crippen LogP contribution in [0.15, 0.2) is 54.6 Å². The average Bonchev–Trinajstić information content (AvgIpc) is 2.66. The summed E-state index contributed by atoms with van der Waals surface area (Å²) in [6.45, 7) is 1.31. The number of hydrogen-bond acceptors (Lipinski definition) is 6. The molecule has 8 heteroatoms. The molecular weight excluding hydrogens is 364 g/mol. The van der Waals surface area contributed by atoms with Crippen LogP contribution in [-0.4, -0.2) is 29.8 Å². The summed E-state index contributed by atoms with van der Waals surface area (Å²) < 4.78 is 9.98. The van der Waals surface area contributed by atoms with Gasteiger partial charge in [-0.3, -0.25) is 19.2 Å². The summed E-state index contributed by atoms with van der Waals surface area (Å²) in [5.41, 5.74) is 6.28. The lowest BCUT2D eigenvalue weighted by atomic mass is 10.1. The zero-order valence-electron chi connectivity index (χ0n) is 15.2. The van der Waals surface area contributed by atoms with Crippen LogP contribution in [0.1, 0.15) is 29.3 Å². The molecule has 0 aliphatic rings. The largest absolute Gasteiger partial charge is 0.461 e. The predicted molar refractivity (Wildman–Crippen MR) is 99.1 cm³/mol. The highest BCUT2D eigenvalue weighted by molar-refractivity contribution is 5.98. The molecule has 0 saturated heterocycles. The first kappa shape index (κ1) is 20.6. The summed E-state index contributed by atoms with van der Waals surface area (Å²) in [5, 5.41) is 2.40. The fraction of sp³-hybridized carbons (Fsp3) is 0.200. The summed E-state index contributed by atoms with van der Waals surface area (Å²) in [4.78, 5) is 46.7. The van der Waals surface area contributed by atoms with Crippen molar-refractivity contribution < 1.29 is 28.7 Å². The molecule has 0 fully saturated rings. The van der Waals surface area contributed by atoms with Crippen LogP contribution in [-0.2, 0) is 25.7 Å². The highest BCUT2D eigenvalue weighted by Crippen LogP contribution is 2.13.